The Labute approximate surface area is 362 Å². The predicted molar refractivity (Wildman–Crippen MR) is 262 cm³/mol. The van der Waals surface area contributed by atoms with Gasteiger partial charge in [-0.25, -0.2) is 0 Å². The minimum absolute atomic E-state index is 1.04. The van der Waals surface area contributed by atoms with Gasteiger partial charge in [0.1, 0.15) is 0 Å². The topological polar surface area (TPSA) is 14.7 Å². The molecule has 1 aromatic heterocycles. The Bertz CT molecular complexity index is 3270. The Balaban J connectivity index is 1.16. The Morgan fingerprint density at radius 1 is 0.258 bits per heavy atom. The van der Waals surface area contributed by atoms with Crippen molar-refractivity contribution in [1.29, 1.82) is 0 Å². The first kappa shape index (κ1) is 36.7. The second-order valence-electron chi connectivity index (χ2n) is 15.4. The second kappa shape index (κ2) is 16.0. The summed E-state index contributed by atoms with van der Waals surface area (Å²) in [5.74, 6) is 0. The highest BCUT2D eigenvalue weighted by Crippen LogP contribution is 2.47. The first-order valence-electron chi connectivity index (χ1n) is 21.1. The number of anilines is 9. The van der Waals surface area contributed by atoms with Gasteiger partial charge in [0.2, 0.25) is 0 Å². The lowest BCUT2D eigenvalue weighted by Gasteiger charge is -2.31. The van der Waals surface area contributed by atoms with Crippen molar-refractivity contribution in [3.05, 3.63) is 255 Å². The van der Waals surface area contributed by atoms with E-state index in [-0.39, 0.29) is 0 Å². The van der Waals surface area contributed by atoms with Crippen LogP contribution in [0.4, 0.5) is 51.2 Å². The summed E-state index contributed by atoms with van der Waals surface area (Å²) < 4.78 is 2.39. The van der Waals surface area contributed by atoms with Crippen LogP contribution in [0.25, 0.3) is 38.3 Å². The van der Waals surface area contributed by atoms with Gasteiger partial charge >= 0.3 is 0 Å². The van der Waals surface area contributed by atoms with Crippen LogP contribution in [0.1, 0.15) is 0 Å². The van der Waals surface area contributed by atoms with E-state index in [1.54, 1.807) is 0 Å². The number of aromatic nitrogens is 1. The zero-order valence-electron chi connectivity index (χ0n) is 34.0. The minimum atomic E-state index is 1.04. The van der Waals surface area contributed by atoms with Crippen LogP contribution in [0.15, 0.2) is 255 Å². The Hall–Kier alpha value is -8.34. The zero-order chi connectivity index (χ0) is 41.2. The highest BCUT2D eigenvalue weighted by Gasteiger charge is 2.24. The number of fused-ring (bicyclic) bond motifs is 4. The Morgan fingerprint density at radius 3 is 1.27 bits per heavy atom. The van der Waals surface area contributed by atoms with Crippen LogP contribution in [0.3, 0.4) is 0 Å². The van der Waals surface area contributed by atoms with Crippen molar-refractivity contribution in [2.75, 3.05) is 14.7 Å². The van der Waals surface area contributed by atoms with Gasteiger partial charge in [-0.05, 0) is 126 Å². The molecular weight excluding hydrogens is 753 g/mol. The van der Waals surface area contributed by atoms with Gasteiger partial charge in [-0.3, -0.25) is 0 Å². The van der Waals surface area contributed by atoms with E-state index >= 15 is 0 Å². The molecule has 294 valence electrons. The molecule has 1 heterocycles. The lowest BCUT2D eigenvalue weighted by atomic mass is 10.1. The van der Waals surface area contributed by atoms with Gasteiger partial charge in [0, 0.05) is 62.0 Å². The number of rotatable bonds is 10. The van der Waals surface area contributed by atoms with Crippen molar-refractivity contribution in [2.24, 2.45) is 0 Å². The van der Waals surface area contributed by atoms with E-state index in [0.29, 0.717) is 0 Å². The average Bonchev–Trinajstić information content (AvgIpc) is 3.69. The Kier molecular flexibility index (Phi) is 9.49. The van der Waals surface area contributed by atoms with Gasteiger partial charge < -0.3 is 19.3 Å². The quantitative estimate of drug-likeness (QED) is 0.137. The van der Waals surface area contributed by atoms with Gasteiger partial charge in [-0.15, -0.1) is 0 Å². The summed E-state index contributed by atoms with van der Waals surface area (Å²) in [5.41, 5.74) is 13.1. The van der Waals surface area contributed by atoms with Crippen molar-refractivity contribution < 1.29 is 0 Å². The van der Waals surface area contributed by atoms with Crippen molar-refractivity contribution in [3.63, 3.8) is 0 Å². The lowest BCUT2D eigenvalue weighted by Crippen LogP contribution is -2.14. The molecule has 0 atom stereocenters. The molecule has 0 radical (unpaired) electrons. The van der Waals surface area contributed by atoms with Crippen LogP contribution in [-0.4, -0.2) is 4.57 Å². The summed E-state index contributed by atoms with van der Waals surface area (Å²) in [6.45, 7) is 0. The first-order valence-corrected chi connectivity index (χ1v) is 21.1. The molecule has 62 heavy (non-hydrogen) atoms. The van der Waals surface area contributed by atoms with Crippen LogP contribution < -0.4 is 14.7 Å². The molecular formula is C58H42N4. The predicted octanol–water partition coefficient (Wildman–Crippen LogP) is 16.3. The largest absolute Gasteiger partial charge is 0.310 e. The van der Waals surface area contributed by atoms with E-state index in [0.717, 1.165) is 67.9 Å². The fourth-order valence-corrected chi connectivity index (χ4v) is 8.95. The molecule has 4 nitrogen and oxygen atoms in total. The Morgan fingerprint density at radius 2 is 0.677 bits per heavy atom. The van der Waals surface area contributed by atoms with Gasteiger partial charge in [-0.2, -0.15) is 0 Å². The van der Waals surface area contributed by atoms with Gasteiger partial charge in [-0.1, -0.05) is 140 Å². The smallest absolute Gasteiger partial charge is 0.0562 e. The van der Waals surface area contributed by atoms with Crippen molar-refractivity contribution in [1.82, 2.24) is 4.57 Å². The molecule has 0 aliphatic heterocycles. The van der Waals surface area contributed by atoms with Crippen LogP contribution >= 0.6 is 0 Å². The fraction of sp³-hybridized carbons (Fsp3) is 0. The van der Waals surface area contributed by atoms with E-state index < -0.39 is 0 Å². The SMILES string of the molecule is c1ccc(N(c2ccccc2)c2cccc(N(c3cccc(N(c4ccccc4)c4ccc5ccccc5c4)c3)c3cccc4c3c3ccccc3n4-c3ccccc3)c2)cc1. The monoisotopic (exact) mass is 794 g/mol. The van der Waals surface area contributed by atoms with Crippen molar-refractivity contribution >= 4 is 83.8 Å². The second-order valence-corrected chi connectivity index (χ2v) is 15.4. The highest BCUT2D eigenvalue weighted by molar-refractivity contribution is 6.16. The normalized spacial score (nSPS) is 11.2. The molecule has 10 aromatic carbocycles. The molecule has 0 aliphatic rings. The summed E-state index contributed by atoms with van der Waals surface area (Å²) in [6, 6.07) is 91.3. The molecule has 4 heteroatoms. The molecule has 0 saturated carbocycles. The summed E-state index contributed by atoms with van der Waals surface area (Å²) >= 11 is 0. The molecule has 0 amide bonds. The lowest BCUT2D eigenvalue weighted by molar-refractivity contribution is 1.18. The van der Waals surface area contributed by atoms with Crippen molar-refractivity contribution in [2.45, 2.75) is 0 Å². The summed E-state index contributed by atoms with van der Waals surface area (Å²) in [4.78, 5) is 7.13. The molecule has 0 bridgehead atoms. The summed E-state index contributed by atoms with van der Waals surface area (Å²) in [7, 11) is 0. The zero-order valence-corrected chi connectivity index (χ0v) is 34.0. The third-order valence-corrected chi connectivity index (χ3v) is 11.7. The fourth-order valence-electron chi connectivity index (χ4n) is 8.95. The number of benzene rings is 10. The molecule has 11 rings (SSSR count). The van der Waals surface area contributed by atoms with Crippen LogP contribution in [-0.2, 0) is 0 Å². The van der Waals surface area contributed by atoms with E-state index in [1.807, 2.05) is 0 Å². The standard InChI is InChI=1S/C58H42N4/c1-5-22-45(23-6-1)59(46-24-7-2-8-25-46)49-30-17-32-51(41-49)61(56-36-19-37-57-58(56)54-34-15-16-35-55(54)62(57)48-28-11-4-12-29-48)52-33-18-31-50(42-52)60(47-26-9-3-10-27-47)53-39-38-43-20-13-14-21-44(43)40-53/h1-42H. The maximum absolute atomic E-state index is 2.44. The van der Waals surface area contributed by atoms with E-state index in [2.05, 4.69) is 274 Å². The maximum Gasteiger partial charge on any atom is 0.0562 e. The van der Waals surface area contributed by atoms with Crippen LogP contribution in [0.5, 0.6) is 0 Å². The van der Waals surface area contributed by atoms with Gasteiger partial charge in [0.15, 0.2) is 0 Å². The molecule has 0 N–H and O–H groups in total. The number of nitrogens with zero attached hydrogens (tertiary/aromatic N) is 4. The van der Waals surface area contributed by atoms with E-state index in [1.165, 1.54) is 21.5 Å². The van der Waals surface area contributed by atoms with Crippen molar-refractivity contribution in [3.8, 4) is 5.69 Å². The van der Waals surface area contributed by atoms with Gasteiger partial charge in [0.25, 0.3) is 0 Å². The van der Waals surface area contributed by atoms with Crippen LogP contribution in [0, 0.1) is 0 Å². The molecule has 0 unspecified atom stereocenters. The summed E-state index contributed by atoms with van der Waals surface area (Å²) in [6.07, 6.45) is 0. The number of para-hydroxylation sites is 5. The highest BCUT2D eigenvalue weighted by atomic mass is 15.2. The number of hydrogen-bond donors (Lipinski definition) is 0. The van der Waals surface area contributed by atoms with Gasteiger partial charge in [0.05, 0.1) is 16.7 Å². The van der Waals surface area contributed by atoms with E-state index in [4.69, 9.17) is 0 Å². The maximum atomic E-state index is 2.44. The first-order chi connectivity index (χ1) is 30.8. The third kappa shape index (κ3) is 6.70. The van der Waals surface area contributed by atoms with E-state index in [9.17, 15) is 0 Å². The molecule has 0 saturated heterocycles. The summed E-state index contributed by atoms with van der Waals surface area (Å²) in [5, 5.41) is 4.78. The molecule has 11 aromatic rings. The third-order valence-electron chi connectivity index (χ3n) is 11.7. The molecule has 0 fully saturated rings. The molecule has 0 spiro atoms. The minimum Gasteiger partial charge on any atom is -0.310 e. The molecule has 0 aliphatic carbocycles. The van der Waals surface area contributed by atoms with Crippen LogP contribution in [0.2, 0.25) is 0 Å². The average molecular weight is 795 g/mol. The number of hydrogen-bond acceptors (Lipinski definition) is 3.